The summed E-state index contributed by atoms with van der Waals surface area (Å²) in [6.07, 6.45) is 10.4. The molecule has 0 saturated carbocycles. The minimum absolute atomic E-state index is 0.163. The topological polar surface area (TPSA) is 143 Å². The van der Waals surface area contributed by atoms with E-state index < -0.39 is 12.2 Å². The van der Waals surface area contributed by atoms with Crippen LogP contribution >= 0.6 is 0 Å². The summed E-state index contributed by atoms with van der Waals surface area (Å²) in [5.41, 5.74) is 0. The van der Waals surface area contributed by atoms with Crippen molar-refractivity contribution in [1.82, 2.24) is 10.6 Å². The van der Waals surface area contributed by atoms with Gasteiger partial charge in [-0.15, -0.1) is 0 Å². The molecule has 0 unspecified atom stereocenters. The molecule has 0 aliphatic rings. The molecule has 10 heteroatoms. The number of rotatable bonds is 17. The van der Waals surface area contributed by atoms with E-state index >= 15 is 0 Å². The molecule has 0 radical (unpaired) electrons. The summed E-state index contributed by atoms with van der Waals surface area (Å²) in [5.74, 6) is 2.47. The van der Waals surface area contributed by atoms with Crippen molar-refractivity contribution in [2.24, 2.45) is 0 Å². The van der Waals surface area contributed by atoms with Gasteiger partial charge in [0, 0.05) is 12.8 Å². The Hall–Kier alpha value is -4.08. The van der Waals surface area contributed by atoms with Gasteiger partial charge in [-0.1, -0.05) is 51.4 Å². The van der Waals surface area contributed by atoms with E-state index in [1.54, 1.807) is 62.8 Å². The van der Waals surface area contributed by atoms with Crippen LogP contribution < -0.4 is 29.6 Å². The molecule has 0 aliphatic heterocycles. The quantitative estimate of drug-likeness (QED) is 0.0924. The zero-order valence-corrected chi connectivity index (χ0v) is 23.6. The lowest BCUT2D eigenvalue weighted by Crippen LogP contribution is -2.32. The van der Waals surface area contributed by atoms with Crippen molar-refractivity contribution < 1.29 is 28.5 Å². The number of methoxy groups -OCH3 is 2. The summed E-state index contributed by atoms with van der Waals surface area (Å²) in [6.45, 7) is 0. The normalized spacial score (nSPS) is 10.3. The van der Waals surface area contributed by atoms with Crippen molar-refractivity contribution in [3.05, 3.63) is 48.5 Å². The van der Waals surface area contributed by atoms with Gasteiger partial charge >= 0.3 is 12.2 Å². The third-order valence-electron chi connectivity index (χ3n) is 6.15. The molecule has 0 bridgehead atoms. The lowest BCUT2D eigenvalue weighted by Gasteiger charge is -2.08. The van der Waals surface area contributed by atoms with E-state index in [1.165, 1.54) is 12.8 Å². The first-order valence-electron chi connectivity index (χ1n) is 13.8. The Morgan fingerprint density at radius 1 is 0.525 bits per heavy atom. The fraction of sp³-hybridized carbons (Fsp3) is 0.467. The van der Waals surface area contributed by atoms with Crippen molar-refractivity contribution in [2.45, 2.75) is 77.0 Å². The highest BCUT2D eigenvalue weighted by Gasteiger charge is 2.09. The first-order chi connectivity index (χ1) is 19.4. The molecule has 40 heavy (non-hydrogen) atoms. The summed E-state index contributed by atoms with van der Waals surface area (Å²) < 4.78 is 20.5. The lowest BCUT2D eigenvalue weighted by atomic mass is 10.0. The fourth-order valence-corrected chi connectivity index (χ4v) is 3.94. The van der Waals surface area contributed by atoms with Crippen LogP contribution in [-0.2, 0) is 0 Å². The molecule has 10 nitrogen and oxygen atoms in total. The smallest absolute Gasteiger partial charge is 0.418 e. The van der Waals surface area contributed by atoms with Crippen molar-refractivity contribution in [1.29, 1.82) is 10.8 Å². The van der Waals surface area contributed by atoms with Crippen LogP contribution in [0.5, 0.6) is 23.0 Å². The molecule has 2 aromatic carbocycles. The van der Waals surface area contributed by atoms with Crippen LogP contribution in [0, 0.1) is 10.8 Å². The predicted molar refractivity (Wildman–Crippen MR) is 155 cm³/mol. The molecular formula is C30H42N4O6. The molecule has 4 N–H and O–H groups in total. The maximum Gasteiger partial charge on any atom is 0.418 e. The second-order valence-electron chi connectivity index (χ2n) is 9.37. The maximum atomic E-state index is 11.9. The molecule has 2 aromatic rings. The van der Waals surface area contributed by atoms with E-state index in [-0.39, 0.29) is 11.7 Å². The summed E-state index contributed by atoms with van der Waals surface area (Å²) in [5, 5.41) is 20.8. The van der Waals surface area contributed by atoms with E-state index in [4.69, 9.17) is 29.8 Å². The molecule has 2 rings (SSSR count). The van der Waals surface area contributed by atoms with Crippen LogP contribution in [0.15, 0.2) is 48.5 Å². The largest absolute Gasteiger partial charge is 0.497 e. The van der Waals surface area contributed by atoms with Gasteiger partial charge in [0.15, 0.2) is 0 Å². The number of hydrogen-bond acceptors (Lipinski definition) is 8. The van der Waals surface area contributed by atoms with Gasteiger partial charge in [-0.2, -0.15) is 0 Å². The Labute approximate surface area is 236 Å². The lowest BCUT2D eigenvalue weighted by molar-refractivity contribution is 0.204. The number of hydrogen-bond donors (Lipinski definition) is 4. The summed E-state index contributed by atoms with van der Waals surface area (Å²) in [6, 6.07) is 13.4. The van der Waals surface area contributed by atoms with E-state index in [0.29, 0.717) is 35.8 Å². The van der Waals surface area contributed by atoms with E-state index in [0.717, 1.165) is 51.4 Å². The monoisotopic (exact) mass is 554 g/mol. The molecular weight excluding hydrogens is 512 g/mol. The highest BCUT2D eigenvalue weighted by Crippen LogP contribution is 2.18. The van der Waals surface area contributed by atoms with Crippen LogP contribution in [0.3, 0.4) is 0 Å². The molecule has 0 atom stereocenters. The summed E-state index contributed by atoms with van der Waals surface area (Å²) in [7, 11) is 3.13. The fourth-order valence-electron chi connectivity index (χ4n) is 3.94. The summed E-state index contributed by atoms with van der Waals surface area (Å²) >= 11 is 0. The average Bonchev–Trinajstić information content (AvgIpc) is 2.94. The standard InChI is InChI=1S/C30H42N4O6/c1-37-23-15-19-25(20-16-23)39-29(35)33-27(31)13-11-9-7-5-3-4-6-8-10-12-14-28(32)34-30(36)40-26-21-17-24(38-2)18-22-26/h15-22H,3-14H2,1-2H3,(H2,31,33,35)(H2,32,34,36). The van der Waals surface area contributed by atoms with Gasteiger partial charge in [0.05, 0.1) is 14.2 Å². The average molecular weight is 555 g/mol. The van der Waals surface area contributed by atoms with Gasteiger partial charge in [-0.25, -0.2) is 9.59 Å². The number of carbonyl (C=O) groups excluding carboxylic acids is 2. The van der Waals surface area contributed by atoms with E-state index in [2.05, 4.69) is 10.6 Å². The highest BCUT2D eigenvalue weighted by molar-refractivity contribution is 5.94. The molecule has 0 fully saturated rings. The highest BCUT2D eigenvalue weighted by atomic mass is 16.6. The molecule has 0 aliphatic carbocycles. The number of unbranched alkanes of at least 4 members (excludes halogenated alkanes) is 9. The second-order valence-corrected chi connectivity index (χ2v) is 9.37. The Bertz CT molecular complexity index is 971. The number of benzene rings is 2. The van der Waals surface area contributed by atoms with Gasteiger partial charge in [0.2, 0.25) is 0 Å². The van der Waals surface area contributed by atoms with Crippen LogP contribution in [0.1, 0.15) is 77.0 Å². The number of nitrogens with one attached hydrogen (secondary N) is 4. The number of carbonyl (C=O) groups is 2. The second kappa shape index (κ2) is 19.1. The zero-order valence-electron chi connectivity index (χ0n) is 23.6. The molecule has 218 valence electrons. The van der Waals surface area contributed by atoms with E-state index in [9.17, 15) is 9.59 Å². The number of amidine groups is 2. The Balaban J connectivity index is 1.38. The van der Waals surface area contributed by atoms with Gasteiger partial charge in [0.25, 0.3) is 0 Å². The third kappa shape index (κ3) is 14.2. The summed E-state index contributed by atoms with van der Waals surface area (Å²) in [4.78, 5) is 23.8. The van der Waals surface area contributed by atoms with Crippen LogP contribution in [0.2, 0.25) is 0 Å². The van der Waals surface area contributed by atoms with Crippen molar-refractivity contribution in [2.75, 3.05) is 14.2 Å². The van der Waals surface area contributed by atoms with Crippen LogP contribution in [0.4, 0.5) is 9.59 Å². The minimum Gasteiger partial charge on any atom is -0.497 e. The van der Waals surface area contributed by atoms with Crippen LogP contribution in [0.25, 0.3) is 0 Å². The molecule has 0 heterocycles. The Morgan fingerprint density at radius 2 is 0.800 bits per heavy atom. The van der Waals surface area contributed by atoms with E-state index in [1.807, 2.05) is 0 Å². The predicted octanol–water partition coefficient (Wildman–Crippen LogP) is 7.22. The molecule has 0 saturated heterocycles. The Morgan fingerprint density at radius 3 is 1.10 bits per heavy atom. The van der Waals surface area contributed by atoms with Crippen LogP contribution in [-0.4, -0.2) is 38.1 Å². The first-order valence-corrected chi connectivity index (χ1v) is 13.8. The molecule has 2 amide bonds. The molecule has 0 aromatic heterocycles. The maximum absolute atomic E-state index is 11.9. The number of ether oxygens (including phenoxy) is 4. The minimum atomic E-state index is -0.657. The SMILES string of the molecule is COc1ccc(OC(=O)NC(=N)CCCCCCCCCCCCC(=N)NC(=O)Oc2ccc(OC)cc2)cc1. The van der Waals surface area contributed by atoms with Gasteiger partial charge < -0.3 is 18.9 Å². The van der Waals surface area contributed by atoms with Gasteiger partial charge in [-0.3, -0.25) is 21.5 Å². The van der Waals surface area contributed by atoms with Crippen molar-refractivity contribution in [3.8, 4) is 23.0 Å². The molecule has 0 spiro atoms. The zero-order chi connectivity index (χ0) is 29.0. The van der Waals surface area contributed by atoms with Crippen molar-refractivity contribution in [3.63, 3.8) is 0 Å². The van der Waals surface area contributed by atoms with Gasteiger partial charge in [0.1, 0.15) is 34.7 Å². The van der Waals surface area contributed by atoms with Gasteiger partial charge in [-0.05, 0) is 61.4 Å². The Kier molecular flexibility index (Phi) is 15.3. The number of amides is 2. The van der Waals surface area contributed by atoms with Crippen molar-refractivity contribution >= 4 is 23.9 Å². The first kappa shape index (κ1) is 32.1. The third-order valence-corrected chi connectivity index (χ3v) is 6.15.